The second kappa shape index (κ2) is 2.01. The molecule has 1 heterocycles. The predicted octanol–water partition coefficient (Wildman–Crippen LogP) is 1.12. The van der Waals surface area contributed by atoms with Crippen LogP contribution in [-0.2, 0) is 0 Å². The molecule has 0 atom stereocenters. The largest absolute Gasteiger partial charge is 0.383 e. The van der Waals surface area contributed by atoms with Crippen LogP contribution >= 0.6 is 11.6 Å². The number of hydrogen-bond donors (Lipinski definition) is 1. The Morgan fingerprint density at radius 3 is 2.88 bits per heavy atom. The predicted molar refractivity (Wildman–Crippen MR) is 32.5 cm³/mol. The lowest BCUT2D eigenvalue weighted by molar-refractivity contribution is 1.33. The molecule has 0 unspecified atom stereocenters. The maximum absolute atomic E-state index is 5.43. The lowest BCUT2D eigenvalue weighted by Crippen LogP contribution is -1.87. The van der Waals surface area contributed by atoms with Crippen molar-refractivity contribution in [1.82, 2.24) is 4.98 Å². The maximum atomic E-state index is 5.43. The molecule has 0 spiro atoms. The molecule has 2 nitrogen and oxygen atoms in total. The van der Waals surface area contributed by atoms with Gasteiger partial charge in [-0.1, -0.05) is 11.6 Å². The molecule has 1 aromatic heterocycles. The summed E-state index contributed by atoms with van der Waals surface area (Å²) in [7, 11) is 0. The Morgan fingerprint density at radius 1 is 1.75 bits per heavy atom. The van der Waals surface area contributed by atoms with Gasteiger partial charge >= 0.3 is 0 Å². The summed E-state index contributed by atoms with van der Waals surface area (Å²) in [6.07, 6.45) is 0. The smallest absolute Gasteiger partial charge is 0.133 e. The summed E-state index contributed by atoms with van der Waals surface area (Å²) in [6.45, 7) is 0. The first-order chi connectivity index (χ1) is 3.79. The molecule has 3 heteroatoms. The molecule has 0 amide bonds. The Hall–Kier alpha value is -0.760. The summed E-state index contributed by atoms with van der Waals surface area (Å²) in [5.74, 6) is 0.331. The summed E-state index contributed by atoms with van der Waals surface area (Å²) in [5, 5.41) is 0.404. The normalized spacial score (nSPS) is 9.12. The van der Waals surface area contributed by atoms with E-state index in [1.165, 1.54) is 0 Å². The van der Waals surface area contributed by atoms with Crippen molar-refractivity contribution in [3.05, 3.63) is 23.4 Å². The van der Waals surface area contributed by atoms with Gasteiger partial charge in [0.25, 0.3) is 0 Å². The average Bonchev–Trinajstić information content (AvgIpc) is 1.64. The quantitative estimate of drug-likeness (QED) is 0.531. The molecule has 0 aliphatic rings. The zero-order chi connectivity index (χ0) is 5.98. The molecule has 0 aliphatic heterocycles. The van der Waals surface area contributed by atoms with Gasteiger partial charge in [0, 0.05) is 6.07 Å². The molecular formula is C5H4ClN2. The van der Waals surface area contributed by atoms with Crippen LogP contribution in [0.5, 0.6) is 0 Å². The number of nitrogen functional groups attached to an aromatic ring is 1. The first-order valence-electron chi connectivity index (χ1n) is 2.09. The van der Waals surface area contributed by atoms with E-state index >= 15 is 0 Å². The number of nitrogens with two attached hydrogens (primary N) is 1. The van der Waals surface area contributed by atoms with E-state index in [0.717, 1.165) is 0 Å². The standard InChI is InChI=1S/C5H4ClN2/c6-4-2-1-3-5(7)8-4/h1-2H,(H2,7,8). The van der Waals surface area contributed by atoms with Crippen molar-refractivity contribution in [2.75, 3.05) is 5.73 Å². The van der Waals surface area contributed by atoms with Gasteiger partial charge in [-0.25, -0.2) is 4.98 Å². The number of aromatic nitrogens is 1. The molecule has 0 saturated heterocycles. The summed E-state index contributed by atoms with van der Waals surface area (Å²) in [4.78, 5) is 3.66. The van der Waals surface area contributed by atoms with Gasteiger partial charge in [-0.05, 0) is 12.1 Å². The van der Waals surface area contributed by atoms with E-state index in [1.54, 1.807) is 12.1 Å². The number of nitrogens with zero attached hydrogens (tertiary/aromatic N) is 1. The zero-order valence-electron chi connectivity index (χ0n) is 4.06. The Kier molecular flexibility index (Phi) is 1.35. The zero-order valence-corrected chi connectivity index (χ0v) is 4.81. The molecule has 1 rings (SSSR count). The second-order valence-electron chi connectivity index (χ2n) is 1.30. The van der Waals surface area contributed by atoms with E-state index < -0.39 is 0 Å². The maximum Gasteiger partial charge on any atom is 0.133 e. The van der Waals surface area contributed by atoms with Crippen molar-refractivity contribution in [3.8, 4) is 0 Å². The second-order valence-corrected chi connectivity index (χ2v) is 1.68. The summed E-state index contributed by atoms with van der Waals surface area (Å²) in [6, 6.07) is 5.91. The molecular weight excluding hydrogens is 124 g/mol. The number of anilines is 1. The molecule has 0 fully saturated rings. The number of pyridine rings is 1. The van der Waals surface area contributed by atoms with Crippen molar-refractivity contribution in [2.45, 2.75) is 0 Å². The third-order valence-corrected chi connectivity index (χ3v) is 0.890. The molecule has 1 radical (unpaired) electrons. The number of hydrogen-bond acceptors (Lipinski definition) is 2. The van der Waals surface area contributed by atoms with E-state index in [2.05, 4.69) is 11.1 Å². The Labute approximate surface area is 52.3 Å². The lowest BCUT2D eigenvalue weighted by Gasteiger charge is -1.87. The molecule has 41 valence electrons. The third-order valence-electron chi connectivity index (χ3n) is 0.679. The van der Waals surface area contributed by atoms with Crippen molar-refractivity contribution in [2.24, 2.45) is 0 Å². The van der Waals surface area contributed by atoms with Crippen molar-refractivity contribution >= 4 is 17.4 Å². The molecule has 0 aliphatic carbocycles. The van der Waals surface area contributed by atoms with Crippen molar-refractivity contribution in [1.29, 1.82) is 0 Å². The van der Waals surface area contributed by atoms with E-state index in [1.807, 2.05) is 0 Å². The van der Waals surface area contributed by atoms with Crippen LogP contribution in [0.2, 0.25) is 5.15 Å². The minimum absolute atomic E-state index is 0.331. The van der Waals surface area contributed by atoms with Crippen LogP contribution < -0.4 is 5.73 Å². The van der Waals surface area contributed by atoms with Gasteiger partial charge in [0.1, 0.15) is 11.0 Å². The molecule has 1 aromatic rings. The van der Waals surface area contributed by atoms with Crippen molar-refractivity contribution < 1.29 is 0 Å². The van der Waals surface area contributed by atoms with Crippen molar-refractivity contribution in [3.63, 3.8) is 0 Å². The minimum atomic E-state index is 0.331. The lowest BCUT2D eigenvalue weighted by atomic mass is 10.5. The highest BCUT2D eigenvalue weighted by molar-refractivity contribution is 6.29. The van der Waals surface area contributed by atoms with Gasteiger partial charge in [-0.2, -0.15) is 0 Å². The summed E-state index contributed by atoms with van der Waals surface area (Å²) < 4.78 is 0. The molecule has 0 saturated carbocycles. The Bertz CT molecular complexity index is 170. The van der Waals surface area contributed by atoms with Crippen LogP contribution in [0, 0.1) is 6.07 Å². The van der Waals surface area contributed by atoms with Crippen LogP contribution in [-0.4, -0.2) is 4.98 Å². The van der Waals surface area contributed by atoms with Gasteiger partial charge in [0.05, 0.1) is 0 Å². The van der Waals surface area contributed by atoms with Gasteiger partial charge in [0.2, 0.25) is 0 Å². The fourth-order valence-electron chi connectivity index (χ4n) is 0.380. The van der Waals surface area contributed by atoms with Gasteiger partial charge in [-0.15, -0.1) is 0 Å². The molecule has 0 aromatic carbocycles. The van der Waals surface area contributed by atoms with Crippen LogP contribution in [0.3, 0.4) is 0 Å². The highest BCUT2D eigenvalue weighted by atomic mass is 35.5. The van der Waals surface area contributed by atoms with Gasteiger partial charge in [-0.3, -0.25) is 0 Å². The van der Waals surface area contributed by atoms with Gasteiger partial charge in [0.15, 0.2) is 0 Å². The first kappa shape index (κ1) is 5.38. The Balaban J connectivity index is 3.08. The van der Waals surface area contributed by atoms with E-state index in [0.29, 0.717) is 11.0 Å². The van der Waals surface area contributed by atoms with Crippen LogP contribution in [0.25, 0.3) is 0 Å². The Morgan fingerprint density at radius 2 is 2.50 bits per heavy atom. The minimum Gasteiger partial charge on any atom is -0.383 e. The summed E-state index contributed by atoms with van der Waals surface area (Å²) >= 11 is 5.43. The number of halogens is 1. The fourth-order valence-corrected chi connectivity index (χ4v) is 0.534. The first-order valence-corrected chi connectivity index (χ1v) is 2.46. The van der Waals surface area contributed by atoms with Crippen LogP contribution in [0.15, 0.2) is 12.1 Å². The number of rotatable bonds is 0. The fraction of sp³-hybridized carbons (Fsp3) is 0. The average molecular weight is 128 g/mol. The third kappa shape index (κ3) is 1.10. The van der Waals surface area contributed by atoms with Crippen LogP contribution in [0.4, 0.5) is 5.82 Å². The highest BCUT2D eigenvalue weighted by Gasteiger charge is 1.85. The summed E-state index contributed by atoms with van der Waals surface area (Å²) in [5.41, 5.74) is 5.21. The van der Waals surface area contributed by atoms with Crippen LogP contribution in [0.1, 0.15) is 0 Å². The van der Waals surface area contributed by atoms with Gasteiger partial charge < -0.3 is 5.73 Å². The SMILES string of the molecule is Nc1[c]ccc(Cl)n1. The highest BCUT2D eigenvalue weighted by Crippen LogP contribution is 2.03. The molecule has 2 N–H and O–H groups in total. The van der Waals surface area contributed by atoms with E-state index in [-0.39, 0.29) is 0 Å². The topological polar surface area (TPSA) is 38.9 Å². The van der Waals surface area contributed by atoms with E-state index in [4.69, 9.17) is 17.3 Å². The monoisotopic (exact) mass is 127 g/mol. The van der Waals surface area contributed by atoms with E-state index in [9.17, 15) is 0 Å². The molecule has 8 heavy (non-hydrogen) atoms. The molecule has 0 bridgehead atoms.